The molecule has 1 nitrogen and oxygen atoms in total. The lowest BCUT2D eigenvalue weighted by atomic mass is 10.1. The van der Waals surface area contributed by atoms with Crippen molar-refractivity contribution in [2.45, 2.75) is 19.4 Å². The zero-order chi connectivity index (χ0) is 13.8. The normalized spacial score (nSPS) is 12.2. The van der Waals surface area contributed by atoms with Crippen LogP contribution in [0.3, 0.4) is 0 Å². The molecule has 2 rings (SSSR count). The average molecular weight is 298 g/mol. The van der Waals surface area contributed by atoms with Gasteiger partial charge in [0.05, 0.1) is 5.69 Å². The molecule has 0 aliphatic carbocycles. The van der Waals surface area contributed by atoms with Crippen molar-refractivity contribution in [1.29, 1.82) is 0 Å². The summed E-state index contributed by atoms with van der Waals surface area (Å²) in [4.78, 5) is 0. The Labute approximate surface area is 122 Å². The van der Waals surface area contributed by atoms with Crippen LogP contribution in [0.4, 0.5) is 10.1 Å². The van der Waals surface area contributed by atoms with Crippen molar-refractivity contribution in [3.8, 4) is 0 Å². The Balaban J connectivity index is 2.02. The molecular weight excluding hydrogens is 284 g/mol. The van der Waals surface area contributed by atoms with Gasteiger partial charge in [0.15, 0.2) is 0 Å². The number of hydrogen-bond acceptors (Lipinski definition) is 1. The van der Waals surface area contributed by atoms with Crippen LogP contribution in [0.25, 0.3) is 0 Å². The third-order valence-corrected chi connectivity index (χ3v) is 3.27. The molecule has 19 heavy (non-hydrogen) atoms. The van der Waals surface area contributed by atoms with Crippen molar-refractivity contribution in [2.24, 2.45) is 0 Å². The average Bonchev–Trinajstić information content (AvgIpc) is 2.37. The Morgan fingerprint density at radius 1 is 1.05 bits per heavy atom. The van der Waals surface area contributed by atoms with Gasteiger partial charge in [0, 0.05) is 16.1 Å². The first-order valence-corrected chi connectivity index (χ1v) is 6.76. The zero-order valence-corrected chi connectivity index (χ0v) is 12.0. The number of halogens is 3. The summed E-state index contributed by atoms with van der Waals surface area (Å²) in [6.45, 7) is 1.99. The zero-order valence-electron chi connectivity index (χ0n) is 10.5. The number of rotatable bonds is 4. The van der Waals surface area contributed by atoms with Gasteiger partial charge in [-0.25, -0.2) is 4.39 Å². The van der Waals surface area contributed by atoms with E-state index in [1.807, 2.05) is 31.2 Å². The van der Waals surface area contributed by atoms with Gasteiger partial charge >= 0.3 is 0 Å². The van der Waals surface area contributed by atoms with E-state index in [2.05, 4.69) is 5.32 Å². The van der Waals surface area contributed by atoms with Crippen molar-refractivity contribution < 1.29 is 4.39 Å². The summed E-state index contributed by atoms with van der Waals surface area (Å²) in [7, 11) is 0. The van der Waals surface area contributed by atoms with E-state index >= 15 is 0 Å². The first-order valence-electron chi connectivity index (χ1n) is 6.00. The highest BCUT2D eigenvalue weighted by molar-refractivity contribution is 6.31. The fraction of sp³-hybridized carbons (Fsp3) is 0.200. The van der Waals surface area contributed by atoms with Gasteiger partial charge in [-0.2, -0.15) is 0 Å². The maximum Gasteiger partial charge on any atom is 0.146 e. The Kier molecular flexibility index (Phi) is 4.67. The molecule has 1 N–H and O–H groups in total. The van der Waals surface area contributed by atoms with Crippen LogP contribution in [-0.4, -0.2) is 6.04 Å². The first kappa shape index (κ1) is 14.2. The quantitative estimate of drug-likeness (QED) is 0.820. The largest absolute Gasteiger partial charge is 0.380 e. The van der Waals surface area contributed by atoms with Crippen LogP contribution in [0.2, 0.25) is 10.0 Å². The number of hydrogen-bond donors (Lipinski definition) is 1. The molecule has 0 aromatic heterocycles. The SMILES string of the molecule is CC(Cc1ccc(Cl)cc1)Nc1cc(Cl)ccc1F. The van der Waals surface area contributed by atoms with Gasteiger partial charge in [0.2, 0.25) is 0 Å². The minimum atomic E-state index is -0.299. The van der Waals surface area contributed by atoms with Gasteiger partial charge in [-0.05, 0) is 49.2 Å². The van der Waals surface area contributed by atoms with E-state index < -0.39 is 0 Å². The van der Waals surface area contributed by atoms with Crippen LogP contribution >= 0.6 is 23.2 Å². The Morgan fingerprint density at radius 2 is 1.68 bits per heavy atom. The molecular formula is C15H14Cl2FN. The fourth-order valence-electron chi connectivity index (χ4n) is 1.90. The highest BCUT2D eigenvalue weighted by Crippen LogP contribution is 2.21. The van der Waals surface area contributed by atoms with Crippen molar-refractivity contribution in [2.75, 3.05) is 5.32 Å². The monoisotopic (exact) mass is 297 g/mol. The van der Waals surface area contributed by atoms with E-state index in [0.29, 0.717) is 15.7 Å². The summed E-state index contributed by atoms with van der Waals surface area (Å²) >= 11 is 11.7. The van der Waals surface area contributed by atoms with Gasteiger partial charge < -0.3 is 5.32 Å². The predicted octanol–water partition coefficient (Wildman–Crippen LogP) is 5.18. The molecule has 0 fully saturated rings. The molecule has 0 bridgehead atoms. The minimum Gasteiger partial charge on any atom is -0.380 e. The highest BCUT2D eigenvalue weighted by Gasteiger charge is 2.08. The first-order chi connectivity index (χ1) is 9.04. The van der Waals surface area contributed by atoms with E-state index in [1.165, 1.54) is 12.1 Å². The van der Waals surface area contributed by atoms with Gasteiger partial charge in [0.25, 0.3) is 0 Å². The molecule has 1 atom stereocenters. The molecule has 0 aliphatic heterocycles. The second-order valence-electron chi connectivity index (χ2n) is 4.50. The van der Waals surface area contributed by atoms with Crippen molar-refractivity contribution in [3.05, 3.63) is 63.9 Å². The second-order valence-corrected chi connectivity index (χ2v) is 5.37. The van der Waals surface area contributed by atoms with Crippen molar-refractivity contribution in [1.82, 2.24) is 0 Å². The topological polar surface area (TPSA) is 12.0 Å². The molecule has 4 heteroatoms. The van der Waals surface area contributed by atoms with Gasteiger partial charge in [0.1, 0.15) is 5.82 Å². The Hall–Kier alpha value is -1.25. The molecule has 0 radical (unpaired) electrons. The van der Waals surface area contributed by atoms with Crippen LogP contribution in [0.15, 0.2) is 42.5 Å². The van der Waals surface area contributed by atoms with E-state index in [0.717, 1.165) is 12.0 Å². The lowest BCUT2D eigenvalue weighted by Gasteiger charge is -2.16. The second kappa shape index (κ2) is 6.27. The third-order valence-electron chi connectivity index (χ3n) is 2.79. The summed E-state index contributed by atoms with van der Waals surface area (Å²) in [5.74, 6) is -0.299. The standard InChI is InChI=1S/C15H14Cl2FN/c1-10(8-11-2-4-12(16)5-3-11)19-15-9-13(17)6-7-14(15)18/h2-7,9-10,19H,8H2,1H3. The molecule has 1 unspecified atom stereocenters. The molecule has 0 amide bonds. The molecule has 0 saturated carbocycles. The maximum absolute atomic E-state index is 13.6. The van der Waals surface area contributed by atoms with Crippen LogP contribution in [-0.2, 0) is 6.42 Å². The smallest absolute Gasteiger partial charge is 0.146 e. The van der Waals surface area contributed by atoms with Gasteiger partial charge in [-0.1, -0.05) is 35.3 Å². The number of anilines is 1. The summed E-state index contributed by atoms with van der Waals surface area (Å²) in [6.07, 6.45) is 0.781. The molecule has 2 aromatic rings. The van der Waals surface area contributed by atoms with E-state index in [1.54, 1.807) is 6.07 Å². The summed E-state index contributed by atoms with van der Waals surface area (Å²) in [5, 5.41) is 4.35. The lowest BCUT2D eigenvalue weighted by Crippen LogP contribution is -2.18. The number of nitrogens with one attached hydrogen (secondary N) is 1. The van der Waals surface area contributed by atoms with Gasteiger partial charge in [-0.15, -0.1) is 0 Å². The van der Waals surface area contributed by atoms with Crippen molar-refractivity contribution >= 4 is 28.9 Å². The fourth-order valence-corrected chi connectivity index (χ4v) is 2.20. The molecule has 0 spiro atoms. The predicted molar refractivity (Wildman–Crippen MR) is 79.7 cm³/mol. The molecule has 100 valence electrons. The van der Waals surface area contributed by atoms with Crippen LogP contribution in [0.1, 0.15) is 12.5 Å². The van der Waals surface area contributed by atoms with Crippen LogP contribution in [0, 0.1) is 5.82 Å². The number of benzene rings is 2. The summed E-state index contributed by atoms with van der Waals surface area (Å²) in [5.41, 5.74) is 1.57. The summed E-state index contributed by atoms with van der Waals surface area (Å²) < 4.78 is 13.6. The van der Waals surface area contributed by atoms with Gasteiger partial charge in [-0.3, -0.25) is 0 Å². The molecule has 0 heterocycles. The minimum absolute atomic E-state index is 0.0918. The molecule has 0 aliphatic rings. The van der Waals surface area contributed by atoms with E-state index in [-0.39, 0.29) is 11.9 Å². The maximum atomic E-state index is 13.6. The van der Waals surface area contributed by atoms with Crippen molar-refractivity contribution in [3.63, 3.8) is 0 Å². The van der Waals surface area contributed by atoms with Crippen LogP contribution in [0.5, 0.6) is 0 Å². The Bertz CT molecular complexity index is 555. The lowest BCUT2D eigenvalue weighted by molar-refractivity contribution is 0.626. The molecule has 2 aromatic carbocycles. The van der Waals surface area contributed by atoms with Crippen LogP contribution < -0.4 is 5.32 Å². The third kappa shape index (κ3) is 4.12. The van der Waals surface area contributed by atoms with E-state index in [4.69, 9.17) is 23.2 Å². The highest BCUT2D eigenvalue weighted by atomic mass is 35.5. The summed E-state index contributed by atoms with van der Waals surface area (Å²) in [6, 6.07) is 12.2. The van der Waals surface area contributed by atoms with E-state index in [9.17, 15) is 4.39 Å². The Morgan fingerprint density at radius 3 is 2.37 bits per heavy atom. The molecule has 0 saturated heterocycles.